The summed E-state index contributed by atoms with van der Waals surface area (Å²) in [5.74, 6) is -0.564. The van der Waals surface area contributed by atoms with Crippen molar-refractivity contribution in [2.45, 2.75) is 33.5 Å². The highest BCUT2D eigenvalue weighted by molar-refractivity contribution is 5.88. The SMILES string of the molecule is CC(C)C(C)OCc1c(C(=O)O)cnn1C. The third-order valence-corrected chi connectivity index (χ3v) is 2.71. The Morgan fingerprint density at radius 1 is 1.56 bits per heavy atom. The van der Waals surface area contributed by atoms with Crippen LogP contribution in [0.2, 0.25) is 0 Å². The molecule has 0 bridgehead atoms. The quantitative estimate of drug-likeness (QED) is 0.829. The summed E-state index contributed by atoms with van der Waals surface area (Å²) < 4.78 is 7.13. The predicted octanol–water partition coefficient (Wildman–Crippen LogP) is 1.68. The van der Waals surface area contributed by atoms with Crippen molar-refractivity contribution >= 4 is 5.97 Å². The van der Waals surface area contributed by atoms with Crippen LogP contribution in [0.4, 0.5) is 0 Å². The fourth-order valence-electron chi connectivity index (χ4n) is 1.22. The zero-order valence-electron chi connectivity index (χ0n) is 10.1. The first-order chi connectivity index (χ1) is 7.43. The van der Waals surface area contributed by atoms with Crippen molar-refractivity contribution in [2.24, 2.45) is 13.0 Å². The van der Waals surface area contributed by atoms with Gasteiger partial charge in [-0.25, -0.2) is 4.79 Å². The molecule has 0 aliphatic heterocycles. The zero-order chi connectivity index (χ0) is 12.3. The fraction of sp³-hybridized carbons (Fsp3) is 0.636. The summed E-state index contributed by atoms with van der Waals surface area (Å²) in [5.41, 5.74) is 0.804. The van der Waals surface area contributed by atoms with Gasteiger partial charge in [0.25, 0.3) is 0 Å². The molecule has 5 nitrogen and oxygen atoms in total. The molecular formula is C11H18N2O3. The molecule has 1 rings (SSSR count). The largest absolute Gasteiger partial charge is 0.478 e. The smallest absolute Gasteiger partial charge is 0.339 e. The molecule has 0 spiro atoms. The van der Waals surface area contributed by atoms with E-state index in [1.807, 2.05) is 6.92 Å². The Kier molecular flexibility index (Phi) is 4.06. The molecule has 1 unspecified atom stereocenters. The highest BCUT2D eigenvalue weighted by Gasteiger charge is 2.16. The van der Waals surface area contributed by atoms with E-state index in [-0.39, 0.29) is 18.3 Å². The number of carboxylic acid groups (broad SMARTS) is 1. The number of carboxylic acids is 1. The Hall–Kier alpha value is -1.36. The molecule has 90 valence electrons. The minimum absolute atomic E-state index is 0.0940. The minimum atomic E-state index is -0.969. The summed E-state index contributed by atoms with van der Waals surface area (Å²) in [6, 6.07) is 0. The van der Waals surface area contributed by atoms with Crippen molar-refractivity contribution in [3.8, 4) is 0 Å². The third-order valence-electron chi connectivity index (χ3n) is 2.71. The summed E-state index contributed by atoms with van der Waals surface area (Å²) in [6.07, 6.45) is 1.44. The molecule has 1 N–H and O–H groups in total. The van der Waals surface area contributed by atoms with Crippen LogP contribution in [0.15, 0.2) is 6.20 Å². The number of rotatable bonds is 5. The topological polar surface area (TPSA) is 64.3 Å². The lowest BCUT2D eigenvalue weighted by atomic mass is 10.1. The van der Waals surface area contributed by atoms with Gasteiger partial charge in [0.2, 0.25) is 0 Å². The normalized spacial score (nSPS) is 13.1. The standard InChI is InChI=1S/C11H18N2O3/c1-7(2)8(3)16-6-10-9(11(14)15)5-12-13(10)4/h5,7-8H,6H2,1-4H3,(H,14,15). The fourth-order valence-corrected chi connectivity index (χ4v) is 1.22. The second-order valence-corrected chi connectivity index (χ2v) is 4.19. The van der Waals surface area contributed by atoms with Crippen LogP contribution in [-0.4, -0.2) is 27.0 Å². The molecule has 1 aromatic rings. The van der Waals surface area contributed by atoms with E-state index >= 15 is 0 Å². The first kappa shape index (κ1) is 12.7. The van der Waals surface area contributed by atoms with E-state index in [2.05, 4.69) is 18.9 Å². The van der Waals surface area contributed by atoms with Gasteiger partial charge in [0.1, 0.15) is 5.56 Å². The Bertz CT molecular complexity index is 371. The van der Waals surface area contributed by atoms with Crippen molar-refractivity contribution in [2.75, 3.05) is 0 Å². The lowest BCUT2D eigenvalue weighted by molar-refractivity contribution is 0.0196. The monoisotopic (exact) mass is 226 g/mol. The molecule has 1 heterocycles. The third kappa shape index (κ3) is 2.82. The number of hydrogen-bond acceptors (Lipinski definition) is 3. The lowest BCUT2D eigenvalue weighted by Crippen LogP contribution is -2.17. The van der Waals surface area contributed by atoms with Crippen LogP contribution in [0, 0.1) is 5.92 Å². The maximum absolute atomic E-state index is 10.9. The molecule has 0 aliphatic carbocycles. The molecular weight excluding hydrogens is 208 g/mol. The van der Waals surface area contributed by atoms with Crippen LogP contribution in [0.1, 0.15) is 36.8 Å². The average Bonchev–Trinajstić information content (AvgIpc) is 2.56. The van der Waals surface area contributed by atoms with Crippen molar-refractivity contribution in [1.82, 2.24) is 9.78 Å². The number of aryl methyl sites for hydroxylation is 1. The Morgan fingerprint density at radius 2 is 2.19 bits per heavy atom. The van der Waals surface area contributed by atoms with Gasteiger partial charge in [0.05, 0.1) is 24.6 Å². The number of aromatic nitrogens is 2. The van der Waals surface area contributed by atoms with Gasteiger partial charge in [0, 0.05) is 7.05 Å². The van der Waals surface area contributed by atoms with E-state index in [1.165, 1.54) is 10.9 Å². The number of ether oxygens (including phenoxy) is 1. The van der Waals surface area contributed by atoms with E-state index in [9.17, 15) is 4.79 Å². The molecule has 0 fully saturated rings. The average molecular weight is 226 g/mol. The van der Waals surface area contributed by atoms with Gasteiger partial charge in [-0.3, -0.25) is 4.68 Å². The minimum Gasteiger partial charge on any atom is -0.478 e. The van der Waals surface area contributed by atoms with Crippen LogP contribution in [0.25, 0.3) is 0 Å². The second kappa shape index (κ2) is 5.12. The second-order valence-electron chi connectivity index (χ2n) is 4.19. The van der Waals surface area contributed by atoms with Crippen LogP contribution in [0.3, 0.4) is 0 Å². The van der Waals surface area contributed by atoms with Crippen molar-refractivity contribution in [3.63, 3.8) is 0 Å². The number of aromatic carboxylic acids is 1. The number of hydrogen-bond donors (Lipinski definition) is 1. The van der Waals surface area contributed by atoms with Gasteiger partial charge < -0.3 is 9.84 Å². The molecule has 0 radical (unpaired) electrons. The van der Waals surface area contributed by atoms with Crippen LogP contribution in [0.5, 0.6) is 0 Å². The highest BCUT2D eigenvalue weighted by atomic mass is 16.5. The first-order valence-electron chi connectivity index (χ1n) is 5.29. The van der Waals surface area contributed by atoms with E-state index in [0.717, 1.165) is 0 Å². The Labute approximate surface area is 95.0 Å². The predicted molar refractivity (Wildman–Crippen MR) is 59.3 cm³/mol. The maximum atomic E-state index is 10.9. The van der Waals surface area contributed by atoms with E-state index < -0.39 is 5.97 Å². The van der Waals surface area contributed by atoms with Gasteiger partial charge in [-0.1, -0.05) is 13.8 Å². The van der Waals surface area contributed by atoms with Gasteiger partial charge in [0.15, 0.2) is 0 Å². The van der Waals surface area contributed by atoms with Crippen LogP contribution < -0.4 is 0 Å². The van der Waals surface area contributed by atoms with Crippen LogP contribution >= 0.6 is 0 Å². The summed E-state index contributed by atoms with van der Waals surface area (Å²) in [4.78, 5) is 10.9. The molecule has 1 atom stereocenters. The lowest BCUT2D eigenvalue weighted by Gasteiger charge is -2.16. The molecule has 1 aromatic heterocycles. The molecule has 0 aliphatic rings. The molecule has 0 aromatic carbocycles. The van der Waals surface area contributed by atoms with E-state index in [0.29, 0.717) is 11.6 Å². The first-order valence-corrected chi connectivity index (χ1v) is 5.29. The van der Waals surface area contributed by atoms with Crippen molar-refractivity contribution in [1.29, 1.82) is 0 Å². The van der Waals surface area contributed by atoms with Gasteiger partial charge in [-0.15, -0.1) is 0 Å². The van der Waals surface area contributed by atoms with Gasteiger partial charge in [-0.2, -0.15) is 5.10 Å². The van der Waals surface area contributed by atoms with Crippen molar-refractivity contribution < 1.29 is 14.6 Å². The summed E-state index contributed by atoms with van der Waals surface area (Å²) in [7, 11) is 1.71. The molecule has 16 heavy (non-hydrogen) atoms. The summed E-state index contributed by atoms with van der Waals surface area (Å²) in [5, 5.41) is 12.9. The highest BCUT2D eigenvalue weighted by Crippen LogP contribution is 2.13. The number of carbonyl (C=O) groups is 1. The molecule has 5 heteroatoms. The number of nitrogens with zero attached hydrogens (tertiary/aromatic N) is 2. The Balaban J connectivity index is 2.73. The summed E-state index contributed by atoms with van der Waals surface area (Å²) in [6.45, 7) is 6.37. The Morgan fingerprint density at radius 3 is 2.69 bits per heavy atom. The van der Waals surface area contributed by atoms with Gasteiger partial charge in [-0.05, 0) is 12.8 Å². The van der Waals surface area contributed by atoms with Crippen molar-refractivity contribution in [3.05, 3.63) is 17.5 Å². The van der Waals surface area contributed by atoms with E-state index in [4.69, 9.17) is 9.84 Å². The maximum Gasteiger partial charge on any atom is 0.339 e. The van der Waals surface area contributed by atoms with Crippen LogP contribution in [-0.2, 0) is 18.4 Å². The zero-order valence-corrected chi connectivity index (χ0v) is 10.1. The molecule has 0 amide bonds. The van der Waals surface area contributed by atoms with E-state index in [1.54, 1.807) is 7.05 Å². The molecule has 0 saturated carbocycles. The summed E-state index contributed by atoms with van der Waals surface area (Å²) >= 11 is 0. The molecule has 0 saturated heterocycles. The van der Waals surface area contributed by atoms with Gasteiger partial charge >= 0.3 is 5.97 Å².